The Morgan fingerprint density at radius 3 is 2.38 bits per heavy atom. The highest BCUT2D eigenvalue weighted by Gasteiger charge is 2.28. The first kappa shape index (κ1) is 24.4. The van der Waals surface area contributed by atoms with Crippen LogP contribution >= 0.6 is 23.2 Å². The summed E-state index contributed by atoms with van der Waals surface area (Å²) in [5, 5.41) is 12.4. The molecule has 0 radical (unpaired) electrons. The standard InChI is InChI=1S/C23H26Cl2N4O5/c1-16(34-22-5-2-17(24)14-19(22)25)23(30)28-8-6-26(7-9-28)18-3-4-20(29(31)32)21(15-18)27-10-12-33-13-11-27/h2-5,14-16H,6-13H2,1H3. The van der Waals surface area contributed by atoms with E-state index in [-0.39, 0.29) is 16.5 Å². The van der Waals surface area contributed by atoms with Crippen molar-refractivity contribution in [2.75, 3.05) is 62.3 Å². The second-order valence-corrected chi connectivity index (χ2v) is 9.02. The van der Waals surface area contributed by atoms with E-state index in [2.05, 4.69) is 4.90 Å². The van der Waals surface area contributed by atoms with Crippen molar-refractivity contribution in [1.82, 2.24) is 4.90 Å². The number of halogens is 2. The molecule has 1 unspecified atom stereocenters. The van der Waals surface area contributed by atoms with Crippen molar-refractivity contribution in [3.8, 4) is 5.75 Å². The van der Waals surface area contributed by atoms with E-state index in [0.717, 1.165) is 5.69 Å². The van der Waals surface area contributed by atoms with Crippen molar-refractivity contribution in [2.45, 2.75) is 13.0 Å². The van der Waals surface area contributed by atoms with Crippen molar-refractivity contribution in [1.29, 1.82) is 0 Å². The number of ether oxygens (including phenoxy) is 2. The number of hydrogen-bond donors (Lipinski definition) is 0. The van der Waals surface area contributed by atoms with Gasteiger partial charge in [0.25, 0.3) is 11.6 Å². The molecule has 2 aliphatic heterocycles. The van der Waals surface area contributed by atoms with Gasteiger partial charge < -0.3 is 24.2 Å². The molecule has 2 fully saturated rings. The number of rotatable bonds is 6. The maximum Gasteiger partial charge on any atom is 0.292 e. The highest BCUT2D eigenvalue weighted by atomic mass is 35.5. The third kappa shape index (κ3) is 5.48. The minimum atomic E-state index is -0.697. The lowest BCUT2D eigenvalue weighted by atomic mass is 10.1. The molecular formula is C23H26Cl2N4O5. The molecule has 2 aliphatic rings. The zero-order valence-corrected chi connectivity index (χ0v) is 20.3. The number of benzene rings is 2. The van der Waals surface area contributed by atoms with E-state index >= 15 is 0 Å². The van der Waals surface area contributed by atoms with Crippen LogP contribution in [0.15, 0.2) is 36.4 Å². The molecule has 0 aromatic heterocycles. The van der Waals surface area contributed by atoms with E-state index in [9.17, 15) is 14.9 Å². The van der Waals surface area contributed by atoms with Crippen molar-refractivity contribution >= 4 is 46.2 Å². The number of nitro groups is 1. The fourth-order valence-corrected chi connectivity index (χ4v) is 4.63. The molecule has 2 aromatic carbocycles. The van der Waals surface area contributed by atoms with Crippen LogP contribution < -0.4 is 14.5 Å². The monoisotopic (exact) mass is 508 g/mol. The number of nitro benzene ring substituents is 1. The number of carbonyl (C=O) groups excluding carboxylic acids is 1. The van der Waals surface area contributed by atoms with Crippen molar-refractivity contribution in [3.63, 3.8) is 0 Å². The Labute approximate surface area is 207 Å². The van der Waals surface area contributed by atoms with Gasteiger partial charge in [-0.15, -0.1) is 0 Å². The molecule has 0 spiro atoms. The van der Waals surface area contributed by atoms with Gasteiger partial charge in [-0.2, -0.15) is 0 Å². The van der Waals surface area contributed by atoms with E-state index < -0.39 is 6.10 Å². The summed E-state index contributed by atoms with van der Waals surface area (Å²) in [6.45, 7) is 6.28. The first-order valence-corrected chi connectivity index (χ1v) is 11.9. The van der Waals surface area contributed by atoms with Gasteiger partial charge in [0.15, 0.2) is 6.10 Å². The van der Waals surface area contributed by atoms with Gasteiger partial charge in [0.2, 0.25) is 0 Å². The molecule has 0 bridgehead atoms. The average Bonchev–Trinajstić information content (AvgIpc) is 2.85. The summed E-state index contributed by atoms with van der Waals surface area (Å²) in [7, 11) is 0. The van der Waals surface area contributed by atoms with Crippen molar-refractivity contribution in [2.24, 2.45) is 0 Å². The SMILES string of the molecule is CC(Oc1ccc(Cl)cc1Cl)C(=O)N1CCN(c2ccc([N+](=O)[O-])c(N3CCOCC3)c2)CC1. The predicted octanol–water partition coefficient (Wildman–Crippen LogP) is 3.85. The van der Waals surface area contributed by atoms with Crippen LogP contribution in [-0.4, -0.2) is 74.3 Å². The molecule has 2 aromatic rings. The van der Waals surface area contributed by atoms with Crippen LogP contribution in [0.5, 0.6) is 5.75 Å². The molecular weight excluding hydrogens is 483 g/mol. The molecule has 2 saturated heterocycles. The van der Waals surface area contributed by atoms with Crippen LogP contribution in [-0.2, 0) is 9.53 Å². The number of amides is 1. The maximum atomic E-state index is 12.9. The lowest BCUT2D eigenvalue weighted by Gasteiger charge is -2.37. The summed E-state index contributed by atoms with van der Waals surface area (Å²) >= 11 is 12.1. The van der Waals surface area contributed by atoms with Gasteiger partial charge in [-0.05, 0) is 37.3 Å². The molecule has 0 aliphatic carbocycles. The van der Waals surface area contributed by atoms with E-state index in [4.69, 9.17) is 32.7 Å². The van der Waals surface area contributed by atoms with Crippen LogP contribution in [0.2, 0.25) is 10.0 Å². The summed E-state index contributed by atoms with van der Waals surface area (Å²) in [6.07, 6.45) is -0.697. The third-order valence-corrected chi connectivity index (χ3v) is 6.54. The van der Waals surface area contributed by atoms with Gasteiger partial charge in [-0.3, -0.25) is 14.9 Å². The summed E-state index contributed by atoms with van der Waals surface area (Å²) < 4.78 is 11.2. The number of hydrogen-bond acceptors (Lipinski definition) is 7. The maximum absolute atomic E-state index is 12.9. The first-order chi connectivity index (χ1) is 16.3. The van der Waals surface area contributed by atoms with Crippen LogP contribution in [0.25, 0.3) is 0 Å². The Bertz CT molecular complexity index is 1060. The zero-order valence-electron chi connectivity index (χ0n) is 18.8. The summed E-state index contributed by atoms with van der Waals surface area (Å²) in [4.78, 5) is 30.0. The van der Waals surface area contributed by atoms with Crippen molar-refractivity contribution in [3.05, 3.63) is 56.6 Å². The normalized spacial score (nSPS) is 17.4. The zero-order chi connectivity index (χ0) is 24.2. The minimum absolute atomic E-state index is 0.0892. The third-order valence-electron chi connectivity index (χ3n) is 6.01. The quantitative estimate of drug-likeness (QED) is 0.432. The highest BCUT2D eigenvalue weighted by Crippen LogP contribution is 2.34. The Morgan fingerprint density at radius 1 is 1.03 bits per heavy atom. The largest absolute Gasteiger partial charge is 0.479 e. The van der Waals surface area contributed by atoms with Crippen LogP contribution in [0.1, 0.15) is 6.92 Å². The molecule has 1 amide bonds. The van der Waals surface area contributed by atoms with E-state index in [0.29, 0.717) is 74.0 Å². The van der Waals surface area contributed by atoms with Crippen molar-refractivity contribution < 1.29 is 19.2 Å². The summed E-state index contributed by atoms with van der Waals surface area (Å²) in [5.74, 6) is 0.287. The Hall–Kier alpha value is -2.75. The molecule has 34 heavy (non-hydrogen) atoms. The van der Waals surface area contributed by atoms with E-state index in [1.807, 2.05) is 11.0 Å². The lowest BCUT2D eigenvalue weighted by Crippen LogP contribution is -2.52. The molecule has 2 heterocycles. The van der Waals surface area contributed by atoms with Gasteiger partial charge in [0, 0.05) is 56.0 Å². The molecule has 4 rings (SSSR count). The molecule has 182 valence electrons. The fraction of sp³-hybridized carbons (Fsp3) is 0.435. The fourth-order valence-electron chi connectivity index (χ4n) is 4.17. The number of piperazine rings is 1. The number of nitrogens with zero attached hydrogens (tertiary/aromatic N) is 4. The van der Waals surface area contributed by atoms with Crippen LogP contribution in [0.3, 0.4) is 0 Å². The number of carbonyl (C=O) groups is 1. The Morgan fingerprint density at radius 2 is 1.74 bits per heavy atom. The minimum Gasteiger partial charge on any atom is -0.479 e. The number of anilines is 2. The molecule has 1 atom stereocenters. The average molecular weight is 509 g/mol. The van der Waals surface area contributed by atoms with Gasteiger partial charge in [0.1, 0.15) is 11.4 Å². The van der Waals surface area contributed by atoms with Gasteiger partial charge in [-0.25, -0.2) is 0 Å². The summed E-state index contributed by atoms with van der Waals surface area (Å²) in [6, 6.07) is 10.1. The Kier molecular flexibility index (Phi) is 7.65. The topological polar surface area (TPSA) is 88.4 Å². The Balaban J connectivity index is 1.40. The molecule has 0 saturated carbocycles. The molecule has 9 nitrogen and oxygen atoms in total. The van der Waals surface area contributed by atoms with Gasteiger partial charge in [0.05, 0.1) is 23.2 Å². The van der Waals surface area contributed by atoms with E-state index in [1.165, 1.54) is 0 Å². The summed E-state index contributed by atoms with van der Waals surface area (Å²) in [5.41, 5.74) is 1.59. The first-order valence-electron chi connectivity index (χ1n) is 11.1. The van der Waals surface area contributed by atoms with Gasteiger partial charge in [-0.1, -0.05) is 23.2 Å². The highest BCUT2D eigenvalue weighted by molar-refractivity contribution is 6.35. The van der Waals surface area contributed by atoms with E-state index in [1.54, 1.807) is 42.2 Å². The van der Waals surface area contributed by atoms with Crippen LogP contribution in [0, 0.1) is 10.1 Å². The second kappa shape index (κ2) is 10.7. The lowest BCUT2D eigenvalue weighted by molar-refractivity contribution is -0.384. The predicted molar refractivity (Wildman–Crippen MR) is 131 cm³/mol. The molecule has 11 heteroatoms. The molecule has 0 N–H and O–H groups in total. The smallest absolute Gasteiger partial charge is 0.292 e. The van der Waals surface area contributed by atoms with Crippen LogP contribution in [0.4, 0.5) is 17.1 Å². The van der Waals surface area contributed by atoms with Gasteiger partial charge >= 0.3 is 0 Å². The second-order valence-electron chi connectivity index (χ2n) is 8.18. The number of morpholine rings is 1.